The number of fused-ring (bicyclic) bond motifs is 1. The van der Waals surface area contributed by atoms with Crippen LogP contribution < -0.4 is 4.74 Å². The van der Waals surface area contributed by atoms with Gasteiger partial charge in [-0.3, -0.25) is 4.40 Å². The van der Waals surface area contributed by atoms with E-state index in [1.54, 1.807) is 23.5 Å². The molecule has 3 aromatic rings. The van der Waals surface area contributed by atoms with Crippen LogP contribution in [0.15, 0.2) is 35.8 Å². The minimum absolute atomic E-state index is 0.499. The van der Waals surface area contributed by atoms with Gasteiger partial charge in [0.25, 0.3) is 0 Å². The van der Waals surface area contributed by atoms with Gasteiger partial charge in [0.15, 0.2) is 4.96 Å². The van der Waals surface area contributed by atoms with Gasteiger partial charge in [-0.1, -0.05) is 28.1 Å². The number of hydrogen-bond acceptors (Lipinski definition) is 4. The van der Waals surface area contributed by atoms with E-state index in [-0.39, 0.29) is 0 Å². The first-order chi connectivity index (χ1) is 9.33. The Morgan fingerprint density at radius 1 is 1.42 bits per heavy atom. The van der Waals surface area contributed by atoms with Gasteiger partial charge in [0.2, 0.25) is 5.88 Å². The fourth-order valence-corrected chi connectivity index (χ4v) is 3.00. The first-order valence-corrected chi connectivity index (χ1v) is 7.51. The zero-order chi connectivity index (χ0) is 13.2. The number of ether oxygens (including phenoxy) is 1. The van der Waals surface area contributed by atoms with Gasteiger partial charge >= 0.3 is 0 Å². The van der Waals surface area contributed by atoms with Crippen molar-refractivity contribution in [2.75, 3.05) is 0 Å². The molecule has 0 amide bonds. The summed E-state index contributed by atoms with van der Waals surface area (Å²) >= 11 is 4.99. The SMILES string of the molecule is N#Cc1ccccc1Oc1nc2sccn2c1CBr. The fraction of sp³-hybridized carbons (Fsp3) is 0.0769. The number of nitriles is 1. The topological polar surface area (TPSA) is 50.3 Å². The Bertz CT molecular complexity index is 772. The highest BCUT2D eigenvalue weighted by Crippen LogP contribution is 2.30. The molecule has 2 aromatic heterocycles. The Labute approximate surface area is 122 Å². The van der Waals surface area contributed by atoms with Crippen LogP contribution >= 0.6 is 27.3 Å². The van der Waals surface area contributed by atoms with Crippen molar-refractivity contribution in [2.24, 2.45) is 0 Å². The first-order valence-electron chi connectivity index (χ1n) is 5.51. The summed E-state index contributed by atoms with van der Waals surface area (Å²) in [6, 6.07) is 9.25. The predicted octanol–water partition coefficient (Wildman–Crippen LogP) is 3.95. The molecule has 19 heavy (non-hydrogen) atoms. The van der Waals surface area contributed by atoms with Crippen LogP contribution in [0, 0.1) is 11.3 Å². The van der Waals surface area contributed by atoms with Gasteiger partial charge in [-0.05, 0) is 12.1 Å². The molecule has 0 atom stereocenters. The largest absolute Gasteiger partial charge is 0.436 e. The average molecular weight is 334 g/mol. The van der Waals surface area contributed by atoms with E-state index in [0.29, 0.717) is 22.5 Å². The molecule has 0 unspecified atom stereocenters. The molecule has 6 heteroatoms. The van der Waals surface area contributed by atoms with Crippen molar-refractivity contribution >= 4 is 32.2 Å². The fourth-order valence-electron chi connectivity index (χ4n) is 1.77. The standard InChI is InChI=1S/C13H8BrN3OS/c14-7-10-12(16-13-17(10)5-6-19-13)18-11-4-2-1-3-9(11)8-15/h1-6H,7H2. The maximum absolute atomic E-state index is 9.06. The minimum Gasteiger partial charge on any atom is -0.436 e. The van der Waals surface area contributed by atoms with Crippen molar-refractivity contribution in [3.8, 4) is 17.7 Å². The van der Waals surface area contributed by atoms with Crippen LogP contribution in [0.4, 0.5) is 0 Å². The van der Waals surface area contributed by atoms with E-state index in [1.165, 1.54) is 0 Å². The van der Waals surface area contributed by atoms with Crippen LogP contribution in [0.3, 0.4) is 0 Å². The molecule has 0 N–H and O–H groups in total. The van der Waals surface area contributed by atoms with Crippen molar-refractivity contribution in [3.63, 3.8) is 0 Å². The Morgan fingerprint density at radius 3 is 3.05 bits per heavy atom. The zero-order valence-electron chi connectivity index (χ0n) is 9.71. The molecule has 0 bridgehead atoms. The second kappa shape index (κ2) is 5.03. The molecule has 94 valence electrons. The van der Waals surface area contributed by atoms with E-state index >= 15 is 0 Å². The Kier molecular flexibility index (Phi) is 3.23. The molecule has 0 aliphatic rings. The number of benzene rings is 1. The molecule has 0 aliphatic carbocycles. The van der Waals surface area contributed by atoms with Crippen molar-refractivity contribution in [2.45, 2.75) is 5.33 Å². The molecular weight excluding hydrogens is 326 g/mol. The van der Waals surface area contributed by atoms with E-state index in [4.69, 9.17) is 10.00 Å². The van der Waals surface area contributed by atoms with Crippen molar-refractivity contribution in [1.82, 2.24) is 9.38 Å². The number of thiazole rings is 1. The van der Waals surface area contributed by atoms with Crippen LogP contribution in [0.25, 0.3) is 4.96 Å². The summed E-state index contributed by atoms with van der Waals surface area (Å²) in [5.41, 5.74) is 1.43. The van der Waals surface area contributed by atoms with Gasteiger partial charge in [0.05, 0.1) is 11.3 Å². The molecule has 0 saturated heterocycles. The quantitative estimate of drug-likeness (QED) is 0.682. The Hall–Kier alpha value is -1.84. The average Bonchev–Trinajstić information content (AvgIpc) is 2.99. The molecule has 0 radical (unpaired) electrons. The number of nitrogens with zero attached hydrogens (tertiary/aromatic N) is 3. The number of halogens is 1. The lowest BCUT2D eigenvalue weighted by Gasteiger charge is -2.05. The summed E-state index contributed by atoms with van der Waals surface area (Å²) in [6.07, 6.45) is 1.95. The molecule has 0 fully saturated rings. The molecule has 3 rings (SSSR count). The monoisotopic (exact) mass is 333 g/mol. The van der Waals surface area contributed by atoms with E-state index in [2.05, 4.69) is 27.0 Å². The summed E-state index contributed by atoms with van der Waals surface area (Å²) in [5.74, 6) is 1.06. The summed E-state index contributed by atoms with van der Waals surface area (Å²) in [5, 5.41) is 11.7. The van der Waals surface area contributed by atoms with Crippen molar-refractivity contribution in [1.29, 1.82) is 5.26 Å². The van der Waals surface area contributed by atoms with Gasteiger partial charge in [0, 0.05) is 16.9 Å². The highest BCUT2D eigenvalue weighted by atomic mass is 79.9. The number of hydrogen-bond donors (Lipinski definition) is 0. The van der Waals surface area contributed by atoms with Gasteiger partial charge in [-0.15, -0.1) is 11.3 Å². The van der Waals surface area contributed by atoms with Crippen LogP contribution in [0.5, 0.6) is 11.6 Å². The number of imidazole rings is 1. The Morgan fingerprint density at radius 2 is 2.26 bits per heavy atom. The van der Waals surface area contributed by atoms with Crippen LogP contribution in [0.2, 0.25) is 0 Å². The minimum atomic E-state index is 0.499. The van der Waals surface area contributed by atoms with E-state index in [9.17, 15) is 0 Å². The zero-order valence-corrected chi connectivity index (χ0v) is 12.1. The molecule has 2 heterocycles. The maximum atomic E-state index is 9.06. The van der Waals surface area contributed by atoms with E-state index in [1.807, 2.05) is 28.1 Å². The number of alkyl halides is 1. The predicted molar refractivity (Wildman–Crippen MR) is 76.9 cm³/mol. The van der Waals surface area contributed by atoms with Crippen molar-refractivity contribution in [3.05, 3.63) is 47.1 Å². The molecule has 0 spiro atoms. The lowest BCUT2D eigenvalue weighted by Crippen LogP contribution is -1.92. The molecule has 4 nitrogen and oxygen atoms in total. The summed E-state index contributed by atoms with van der Waals surface area (Å²) < 4.78 is 7.76. The molecule has 0 saturated carbocycles. The third-order valence-electron chi connectivity index (χ3n) is 2.67. The van der Waals surface area contributed by atoms with E-state index < -0.39 is 0 Å². The normalized spacial score (nSPS) is 10.5. The lowest BCUT2D eigenvalue weighted by molar-refractivity contribution is 0.460. The number of rotatable bonds is 3. The summed E-state index contributed by atoms with van der Waals surface area (Å²) in [6.45, 7) is 0. The van der Waals surface area contributed by atoms with Crippen LogP contribution in [-0.4, -0.2) is 9.38 Å². The first kappa shape index (κ1) is 12.2. The number of para-hydroxylation sites is 1. The third-order valence-corrected chi connectivity index (χ3v) is 3.95. The maximum Gasteiger partial charge on any atom is 0.243 e. The number of aromatic nitrogens is 2. The molecule has 1 aromatic carbocycles. The smallest absolute Gasteiger partial charge is 0.243 e. The lowest BCUT2D eigenvalue weighted by atomic mass is 10.2. The van der Waals surface area contributed by atoms with Crippen molar-refractivity contribution < 1.29 is 4.74 Å². The van der Waals surface area contributed by atoms with Gasteiger partial charge in [-0.2, -0.15) is 10.2 Å². The summed E-state index contributed by atoms with van der Waals surface area (Å²) in [7, 11) is 0. The second-order valence-corrected chi connectivity index (χ2v) is 5.20. The highest BCUT2D eigenvalue weighted by Gasteiger charge is 2.15. The third kappa shape index (κ3) is 2.11. The highest BCUT2D eigenvalue weighted by molar-refractivity contribution is 9.08. The van der Waals surface area contributed by atoms with Crippen LogP contribution in [-0.2, 0) is 5.33 Å². The summed E-state index contributed by atoms with van der Waals surface area (Å²) in [4.78, 5) is 5.31. The van der Waals surface area contributed by atoms with E-state index in [0.717, 1.165) is 10.7 Å². The van der Waals surface area contributed by atoms with Gasteiger partial charge in [-0.25, -0.2) is 0 Å². The Balaban J connectivity index is 2.06. The second-order valence-electron chi connectivity index (χ2n) is 3.76. The van der Waals surface area contributed by atoms with Gasteiger partial charge < -0.3 is 4.74 Å². The van der Waals surface area contributed by atoms with Gasteiger partial charge in [0.1, 0.15) is 11.8 Å². The molecule has 0 aliphatic heterocycles. The van der Waals surface area contributed by atoms with Crippen LogP contribution in [0.1, 0.15) is 11.3 Å². The molecular formula is C13H8BrN3OS.